The summed E-state index contributed by atoms with van der Waals surface area (Å²) in [5, 5.41) is 3.25. The molecular weight excluding hydrogens is 241 g/mol. The number of halogens is 3. The Morgan fingerprint density at radius 3 is 2.72 bits per heavy atom. The van der Waals surface area contributed by atoms with Crippen LogP contribution in [0.1, 0.15) is 18.5 Å². The molecule has 2 aliphatic rings. The minimum absolute atomic E-state index is 0.340. The summed E-state index contributed by atoms with van der Waals surface area (Å²) in [6, 6.07) is 2.80. The minimum atomic E-state index is -4.37. The Morgan fingerprint density at radius 1 is 1.28 bits per heavy atom. The highest BCUT2D eigenvalue weighted by Crippen LogP contribution is 2.44. The molecule has 5 heteroatoms. The van der Waals surface area contributed by atoms with Crippen molar-refractivity contribution in [3.8, 4) is 0 Å². The van der Waals surface area contributed by atoms with E-state index in [0.717, 1.165) is 24.8 Å². The second kappa shape index (κ2) is 4.00. The van der Waals surface area contributed by atoms with Gasteiger partial charge in [-0.1, -0.05) is 12.2 Å². The topological polar surface area (TPSA) is 24.9 Å². The van der Waals surface area contributed by atoms with Crippen LogP contribution in [0.2, 0.25) is 0 Å². The molecule has 0 saturated heterocycles. The Hall–Kier alpha value is -1.52. The number of nitrogens with zero attached hydrogens (tertiary/aromatic N) is 1. The third-order valence-corrected chi connectivity index (χ3v) is 3.77. The van der Waals surface area contributed by atoms with Crippen molar-refractivity contribution >= 4 is 5.69 Å². The predicted molar refractivity (Wildman–Crippen MR) is 62.0 cm³/mol. The average molecular weight is 254 g/mol. The predicted octanol–water partition coefficient (Wildman–Crippen LogP) is 3.48. The Bertz CT molecular complexity index is 464. The SMILES string of the molecule is FC(F)(F)c1ccc(NC2CC3CC=CC32)cn1. The molecule has 0 radical (unpaired) electrons. The van der Waals surface area contributed by atoms with Gasteiger partial charge in [-0.15, -0.1) is 0 Å². The number of alkyl halides is 3. The Kier molecular flexibility index (Phi) is 2.57. The van der Waals surface area contributed by atoms with Crippen LogP contribution in [0.4, 0.5) is 18.9 Å². The van der Waals surface area contributed by atoms with Gasteiger partial charge in [0.2, 0.25) is 0 Å². The summed E-state index contributed by atoms with van der Waals surface area (Å²) in [7, 11) is 0. The van der Waals surface area contributed by atoms with Gasteiger partial charge in [0.15, 0.2) is 0 Å². The van der Waals surface area contributed by atoms with Crippen molar-refractivity contribution in [3.63, 3.8) is 0 Å². The zero-order valence-corrected chi connectivity index (χ0v) is 9.61. The van der Waals surface area contributed by atoms with Gasteiger partial charge in [-0.05, 0) is 30.9 Å². The summed E-state index contributed by atoms with van der Waals surface area (Å²) in [6.45, 7) is 0. The van der Waals surface area contributed by atoms with E-state index in [1.807, 2.05) is 0 Å². The molecule has 2 aliphatic carbocycles. The number of pyridine rings is 1. The zero-order chi connectivity index (χ0) is 12.8. The van der Waals surface area contributed by atoms with Crippen LogP contribution in [-0.4, -0.2) is 11.0 Å². The lowest BCUT2D eigenvalue weighted by Crippen LogP contribution is -2.43. The smallest absolute Gasteiger partial charge is 0.380 e. The molecule has 0 aromatic carbocycles. The molecule has 3 unspecified atom stereocenters. The number of rotatable bonds is 2. The minimum Gasteiger partial charge on any atom is -0.380 e. The van der Waals surface area contributed by atoms with E-state index in [0.29, 0.717) is 17.6 Å². The Morgan fingerprint density at radius 2 is 2.11 bits per heavy atom. The summed E-state index contributed by atoms with van der Waals surface area (Å²) in [5.41, 5.74) is -0.188. The largest absolute Gasteiger partial charge is 0.433 e. The van der Waals surface area contributed by atoms with E-state index in [9.17, 15) is 13.2 Å². The average Bonchev–Trinajstić information content (AvgIpc) is 2.67. The highest BCUT2D eigenvalue weighted by atomic mass is 19.4. The molecule has 0 bridgehead atoms. The number of allylic oxidation sites excluding steroid dienone is 1. The maximum atomic E-state index is 12.3. The number of anilines is 1. The van der Waals surface area contributed by atoms with Crippen LogP contribution < -0.4 is 5.32 Å². The van der Waals surface area contributed by atoms with Crippen LogP contribution in [0.3, 0.4) is 0 Å². The molecule has 96 valence electrons. The summed E-state index contributed by atoms with van der Waals surface area (Å²) in [6.07, 6.45) is 3.49. The third-order valence-electron chi connectivity index (χ3n) is 3.77. The fraction of sp³-hybridized carbons (Fsp3) is 0.462. The van der Waals surface area contributed by atoms with Crippen LogP contribution in [0, 0.1) is 11.8 Å². The summed E-state index contributed by atoms with van der Waals surface area (Å²) >= 11 is 0. The first-order valence-corrected chi connectivity index (χ1v) is 6.00. The van der Waals surface area contributed by atoms with Gasteiger partial charge in [-0.2, -0.15) is 13.2 Å². The monoisotopic (exact) mass is 254 g/mol. The number of hydrogen-bond donors (Lipinski definition) is 1. The van der Waals surface area contributed by atoms with Crippen molar-refractivity contribution in [3.05, 3.63) is 36.2 Å². The molecule has 1 aromatic rings. The molecular formula is C13H13F3N2. The highest BCUT2D eigenvalue weighted by molar-refractivity contribution is 5.44. The van der Waals surface area contributed by atoms with Crippen molar-refractivity contribution in [2.75, 3.05) is 5.32 Å². The molecule has 1 fully saturated rings. The molecule has 0 spiro atoms. The van der Waals surface area contributed by atoms with Gasteiger partial charge in [0.1, 0.15) is 5.69 Å². The van der Waals surface area contributed by atoms with Gasteiger partial charge in [0.05, 0.1) is 11.9 Å². The quantitative estimate of drug-likeness (QED) is 0.817. The van der Waals surface area contributed by atoms with Gasteiger partial charge >= 0.3 is 6.18 Å². The summed E-state index contributed by atoms with van der Waals surface area (Å²) in [5.74, 6) is 1.26. The van der Waals surface area contributed by atoms with E-state index < -0.39 is 11.9 Å². The first-order valence-electron chi connectivity index (χ1n) is 6.00. The maximum Gasteiger partial charge on any atom is 0.433 e. The van der Waals surface area contributed by atoms with Crippen LogP contribution in [0.5, 0.6) is 0 Å². The molecule has 0 aliphatic heterocycles. The number of nitrogens with one attached hydrogen (secondary N) is 1. The number of aromatic nitrogens is 1. The zero-order valence-electron chi connectivity index (χ0n) is 9.61. The lowest BCUT2D eigenvalue weighted by molar-refractivity contribution is -0.141. The van der Waals surface area contributed by atoms with E-state index in [-0.39, 0.29) is 0 Å². The van der Waals surface area contributed by atoms with E-state index in [4.69, 9.17) is 0 Å². The number of fused-ring (bicyclic) bond motifs is 1. The molecule has 2 nitrogen and oxygen atoms in total. The molecule has 1 saturated carbocycles. The van der Waals surface area contributed by atoms with Crippen molar-refractivity contribution in [2.24, 2.45) is 11.8 Å². The summed E-state index contributed by atoms with van der Waals surface area (Å²) in [4.78, 5) is 3.44. The lowest BCUT2D eigenvalue weighted by atomic mass is 9.71. The van der Waals surface area contributed by atoms with E-state index in [1.165, 1.54) is 12.3 Å². The van der Waals surface area contributed by atoms with Crippen LogP contribution in [0.15, 0.2) is 30.5 Å². The van der Waals surface area contributed by atoms with Crippen molar-refractivity contribution in [1.29, 1.82) is 0 Å². The van der Waals surface area contributed by atoms with Gasteiger partial charge in [-0.25, -0.2) is 4.98 Å². The first-order chi connectivity index (χ1) is 8.54. The van der Waals surface area contributed by atoms with Crippen molar-refractivity contribution in [1.82, 2.24) is 4.98 Å². The Balaban J connectivity index is 1.65. The van der Waals surface area contributed by atoms with Crippen LogP contribution >= 0.6 is 0 Å². The fourth-order valence-corrected chi connectivity index (χ4v) is 2.74. The molecule has 0 amide bonds. The van der Waals surface area contributed by atoms with E-state index >= 15 is 0 Å². The third kappa shape index (κ3) is 1.98. The van der Waals surface area contributed by atoms with Crippen molar-refractivity contribution < 1.29 is 13.2 Å². The molecule has 1 N–H and O–H groups in total. The van der Waals surface area contributed by atoms with Crippen LogP contribution in [0.25, 0.3) is 0 Å². The second-order valence-corrected chi connectivity index (χ2v) is 4.92. The van der Waals surface area contributed by atoms with Crippen molar-refractivity contribution in [2.45, 2.75) is 25.1 Å². The van der Waals surface area contributed by atoms with Gasteiger partial charge in [0.25, 0.3) is 0 Å². The normalized spacial score (nSPS) is 29.8. The van der Waals surface area contributed by atoms with E-state index in [1.54, 1.807) is 0 Å². The van der Waals surface area contributed by atoms with Gasteiger partial charge in [-0.3, -0.25) is 0 Å². The lowest BCUT2D eigenvalue weighted by Gasteiger charge is -2.41. The Labute approximate surface area is 103 Å². The van der Waals surface area contributed by atoms with Crippen LogP contribution in [-0.2, 0) is 6.18 Å². The van der Waals surface area contributed by atoms with Gasteiger partial charge in [0, 0.05) is 12.0 Å². The molecule has 3 rings (SSSR count). The molecule has 1 heterocycles. The maximum absolute atomic E-state index is 12.3. The standard InChI is InChI=1S/C13H13F3N2/c14-13(15,16)12-5-4-9(7-17-12)18-11-6-8-2-1-3-10(8)11/h1,3-5,7-8,10-11,18H,2,6H2. The fourth-order valence-electron chi connectivity index (χ4n) is 2.74. The summed E-state index contributed by atoms with van der Waals surface area (Å²) < 4.78 is 37.0. The molecule has 18 heavy (non-hydrogen) atoms. The van der Waals surface area contributed by atoms with E-state index in [2.05, 4.69) is 22.5 Å². The molecule has 1 aromatic heterocycles. The van der Waals surface area contributed by atoms with Gasteiger partial charge < -0.3 is 5.32 Å². The second-order valence-electron chi connectivity index (χ2n) is 4.92. The first kappa shape index (κ1) is 11.6. The molecule has 3 atom stereocenters. The highest BCUT2D eigenvalue weighted by Gasteiger charge is 2.41. The number of hydrogen-bond acceptors (Lipinski definition) is 2.